The minimum absolute atomic E-state index is 0.187. The molecule has 0 aliphatic carbocycles. The van der Waals surface area contributed by atoms with Crippen LogP contribution >= 0.6 is 0 Å². The Hall–Kier alpha value is -2.89. The molecule has 0 saturated heterocycles. The fourth-order valence-corrected chi connectivity index (χ4v) is 1.90. The van der Waals surface area contributed by atoms with Crippen molar-refractivity contribution in [2.45, 2.75) is 0 Å². The summed E-state index contributed by atoms with van der Waals surface area (Å²) in [4.78, 5) is 24.3. The Bertz CT molecular complexity index is 633. The summed E-state index contributed by atoms with van der Waals surface area (Å²) in [6, 6.07) is 8.62. The van der Waals surface area contributed by atoms with Gasteiger partial charge in [-0.05, 0) is 30.3 Å². The highest BCUT2D eigenvalue weighted by molar-refractivity contribution is 5.96. The summed E-state index contributed by atoms with van der Waals surface area (Å²) in [6.45, 7) is 3.36. The maximum atomic E-state index is 12.3. The fourth-order valence-electron chi connectivity index (χ4n) is 1.90. The molecule has 1 heterocycles. The summed E-state index contributed by atoms with van der Waals surface area (Å²) in [7, 11) is 0. The van der Waals surface area contributed by atoms with E-state index in [1.165, 1.54) is 11.0 Å². The molecule has 2 rings (SSSR count). The smallest absolute Gasteiger partial charge is 0.323 e. The first-order valence-electron chi connectivity index (χ1n) is 6.34. The predicted octanol–water partition coefficient (Wildman–Crippen LogP) is 1.59. The van der Waals surface area contributed by atoms with Crippen LogP contribution < -0.4 is 0 Å². The molecule has 0 bridgehead atoms. The zero-order chi connectivity index (χ0) is 15.2. The van der Waals surface area contributed by atoms with Crippen molar-refractivity contribution < 1.29 is 14.7 Å². The van der Waals surface area contributed by atoms with Crippen LogP contribution in [0.2, 0.25) is 0 Å². The molecule has 6 nitrogen and oxygen atoms in total. The third-order valence-electron chi connectivity index (χ3n) is 2.85. The first-order valence-corrected chi connectivity index (χ1v) is 6.34. The van der Waals surface area contributed by atoms with E-state index in [1.807, 2.05) is 0 Å². The van der Waals surface area contributed by atoms with Crippen molar-refractivity contribution in [3.8, 4) is 5.69 Å². The molecule has 1 aromatic carbocycles. The van der Waals surface area contributed by atoms with Gasteiger partial charge in [0, 0.05) is 24.5 Å². The number of carboxylic acid groups (broad SMARTS) is 1. The number of hydrogen-bond acceptors (Lipinski definition) is 3. The van der Waals surface area contributed by atoms with Crippen molar-refractivity contribution in [1.29, 1.82) is 0 Å². The van der Waals surface area contributed by atoms with E-state index < -0.39 is 5.97 Å². The van der Waals surface area contributed by atoms with Gasteiger partial charge in [0.1, 0.15) is 6.54 Å². The molecule has 1 N–H and O–H groups in total. The lowest BCUT2D eigenvalue weighted by molar-refractivity contribution is -0.137. The van der Waals surface area contributed by atoms with Crippen LogP contribution in [0, 0.1) is 0 Å². The predicted molar refractivity (Wildman–Crippen MR) is 77.3 cm³/mol. The molecular formula is C15H15N3O3. The van der Waals surface area contributed by atoms with Gasteiger partial charge in [-0.25, -0.2) is 4.68 Å². The second-order valence-corrected chi connectivity index (χ2v) is 4.37. The number of carbonyl (C=O) groups is 2. The van der Waals surface area contributed by atoms with Gasteiger partial charge in [-0.1, -0.05) is 6.08 Å². The van der Waals surface area contributed by atoms with E-state index in [1.54, 1.807) is 47.4 Å². The lowest BCUT2D eigenvalue weighted by atomic mass is 10.1. The summed E-state index contributed by atoms with van der Waals surface area (Å²) in [5, 5.41) is 12.9. The van der Waals surface area contributed by atoms with Gasteiger partial charge in [0.2, 0.25) is 0 Å². The lowest BCUT2D eigenvalue weighted by Crippen LogP contribution is -2.35. The highest BCUT2D eigenvalue weighted by atomic mass is 16.4. The zero-order valence-corrected chi connectivity index (χ0v) is 11.3. The molecule has 0 atom stereocenters. The topological polar surface area (TPSA) is 75.4 Å². The van der Waals surface area contributed by atoms with Gasteiger partial charge in [-0.3, -0.25) is 9.59 Å². The molecule has 2 aromatic rings. The molecule has 21 heavy (non-hydrogen) atoms. The van der Waals surface area contributed by atoms with Crippen molar-refractivity contribution >= 4 is 11.9 Å². The average Bonchev–Trinajstić information content (AvgIpc) is 3.00. The number of aromatic nitrogens is 2. The molecule has 0 aliphatic rings. The monoisotopic (exact) mass is 285 g/mol. The first-order chi connectivity index (χ1) is 10.1. The molecule has 0 saturated carbocycles. The fraction of sp³-hybridized carbons (Fsp3) is 0.133. The second kappa shape index (κ2) is 6.51. The first kappa shape index (κ1) is 14.5. The largest absolute Gasteiger partial charge is 0.480 e. The van der Waals surface area contributed by atoms with Crippen LogP contribution in [0.15, 0.2) is 55.4 Å². The highest BCUT2D eigenvalue weighted by Crippen LogP contribution is 2.11. The van der Waals surface area contributed by atoms with E-state index in [2.05, 4.69) is 11.7 Å². The standard InChI is InChI=1S/C15H15N3O3/c1-2-9-17(11-14(19)20)15(21)12-4-6-13(7-5-12)18-10-3-8-16-18/h2-8,10H,1,9,11H2,(H,19,20). The molecule has 0 fully saturated rings. The number of rotatable bonds is 6. The Balaban J connectivity index is 2.18. The third-order valence-corrected chi connectivity index (χ3v) is 2.85. The molecular weight excluding hydrogens is 270 g/mol. The SMILES string of the molecule is C=CCN(CC(=O)O)C(=O)c1ccc(-n2cccn2)cc1. The summed E-state index contributed by atoms with van der Waals surface area (Å²) in [6.07, 6.45) is 4.96. The maximum absolute atomic E-state index is 12.3. The Morgan fingerprint density at radius 3 is 2.57 bits per heavy atom. The van der Waals surface area contributed by atoms with E-state index in [9.17, 15) is 9.59 Å². The van der Waals surface area contributed by atoms with Gasteiger partial charge >= 0.3 is 5.97 Å². The number of hydrogen-bond donors (Lipinski definition) is 1. The Labute approximate surface area is 121 Å². The Kier molecular flexibility index (Phi) is 4.50. The van der Waals surface area contributed by atoms with E-state index in [0.717, 1.165) is 5.69 Å². The van der Waals surface area contributed by atoms with Crippen molar-refractivity contribution in [1.82, 2.24) is 14.7 Å². The number of carboxylic acids is 1. The molecule has 108 valence electrons. The van der Waals surface area contributed by atoms with Crippen molar-refractivity contribution in [2.75, 3.05) is 13.1 Å². The van der Waals surface area contributed by atoms with Gasteiger partial charge in [0.15, 0.2) is 0 Å². The third kappa shape index (κ3) is 3.56. The summed E-state index contributed by atoms with van der Waals surface area (Å²) < 4.78 is 1.67. The quantitative estimate of drug-likeness (QED) is 0.818. The minimum Gasteiger partial charge on any atom is -0.480 e. The van der Waals surface area contributed by atoms with Gasteiger partial charge < -0.3 is 10.0 Å². The van der Waals surface area contributed by atoms with Crippen LogP contribution in [0.5, 0.6) is 0 Å². The Morgan fingerprint density at radius 2 is 2.05 bits per heavy atom. The molecule has 6 heteroatoms. The molecule has 0 aliphatic heterocycles. The van der Waals surface area contributed by atoms with Crippen molar-refractivity contribution in [2.24, 2.45) is 0 Å². The van der Waals surface area contributed by atoms with Crippen LogP contribution in [0.25, 0.3) is 5.69 Å². The molecule has 1 amide bonds. The van der Waals surface area contributed by atoms with Crippen LogP contribution in [-0.2, 0) is 4.79 Å². The number of nitrogens with zero attached hydrogens (tertiary/aromatic N) is 3. The van der Waals surface area contributed by atoms with Crippen molar-refractivity contribution in [3.63, 3.8) is 0 Å². The maximum Gasteiger partial charge on any atom is 0.323 e. The number of amides is 1. The summed E-state index contributed by atoms with van der Waals surface area (Å²) in [5.74, 6) is -1.40. The van der Waals surface area contributed by atoms with Crippen LogP contribution in [-0.4, -0.2) is 44.8 Å². The molecule has 1 aromatic heterocycles. The lowest BCUT2D eigenvalue weighted by Gasteiger charge is -2.19. The van der Waals surface area contributed by atoms with E-state index in [4.69, 9.17) is 5.11 Å². The normalized spacial score (nSPS) is 10.1. The van der Waals surface area contributed by atoms with Crippen LogP contribution in [0.4, 0.5) is 0 Å². The van der Waals surface area contributed by atoms with E-state index >= 15 is 0 Å². The number of benzene rings is 1. The molecule has 0 unspecified atom stereocenters. The number of aliphatic carboxylic acids is 1. The van der Waals surface area contributed by atoms with Gasteiger partial charge in [0.25, 0.3) is 5.91 Å². The van der Waals surface area contributed by atoms with Crippen LogP contribution in [0.1, 0.15) is 10.4 Å². The second-order valence-electron chi connectivity index (χ2n) is 4.37. The van der Waals surface area contributed by atoms with E-state index in [-0.39, 0.29) is 19.0 Å². The van der Waals surface area contributed by atoms with Crippen molar-refractivity contribution in [3.05, 3.63) is 60.9 Å². The highest BCUT2D eigenvalue weighted by Gasteiger charge is 2.17. The average molecular weight is 285 g/mol. The zero-order valence-electron chi connectivity index (χ0n) is 11.3. The summed E-state index contributed by atoms with van der Waals surface area (Å²) >= 11 is 0. The Morgan fingerprint density at radius 1 is 1.33 bits per heavy atom. The van der Waals surface area contributed by atoms with Gasteiger partial charge in [-0.2, -0.15) is 5.10 Å². The minimum atomic E-state index is -1.06. The summed E-state index contributed by atoms with van der Waals surface area (Å²) in [5.41, 5.74) is 1.25. The van der Waals surface area contributed by atoms with E-state index in [0.29, 0.717) is 5.56 Å². The molecule has 0 radical (unpaired) electrons. The van der Waals surface area contributed by atoms with Gasteiger partial charge in [0.05, 0.1) is 5.69 Å². The molecule has 0 spiro atoms. The number of carbonyl (C=O) groups excluding carboxylic acids is 1. The van der Waals surface area contributed by atoms with Crippen LogP contribution in [0.3, 0.4) is 0 Å². The van der Waals surface area contributed by atoms with Gasteiger partial charge in [-0.15, -0.1) is 6.58 Å².